The molecule has 6 rings (SSSR count). The summed E-state index contributed by atoms with van der Waals surface area (Å²) in [5, 5.41) is 3.74. The predicted molar refractivity (Wildman–Crippen MR) is 103 cm³/mol. The highest BCUT2D eigenvalue weighted by Crippen LogP contribution is 2.54. The number of carbonyl (C=O) groups is 1. The molecule has 1 atom stereocenters. The van der Waals surface area contributed by atoms with Crippen LogP contribution in [0.4, 0.5) is 13.2 Å². The van der Waals surface area contributed by atoms with Crippen molar-refractivity contribution in [3.63, 3.8) is 0 Å². The van der Waals surface area contributed by atoms with Crippen LogP contribution >= 0.6 is 11.3 Å². The van der Waals surface area contributed by atoms with E-state index in [1.165, 1.54) is 13.2 Å². The fraction of sp³-hybridized carbons (Fsp3) is 0.550. The van der Waals surface area contributed by atoms with Gasteiger partial charge in [0.15, 0.2) is 11.5 Å². The molecule has 5 nitrogen and oxygen atoms in total. The second kappa shape index (κ2) is 6.50. The Bertz CT molecular complexity index is 962. The molecule has 1 amide bonds. The summed E-state index contributed by atoms with van der Waals surface area (Å²) in [7, 11) is 1.29. The van der Waals surface area contributed by atoms with E-state index in [0.717, 1.165) is 50.1 Å². The number of methoxy groups -OCH3 is 1. The van der Waals surface area contributed by atoms with Crippen LogP contribution in [0.2, 0.25) is 0 Å². The molecule has 1 aromatic carbocycles. The number of piperidine rings is 3. The van der Waals surface area contributed by atoms with Gasteiger partial charge in [-0.3, -0.25) is 9.69 Å². The Balaban J connectivity index is 1.45. The summed E-state index contributed by atoms with van der Waals surface area (Å²) in [6.07, 6.45) is -0.481. The van der Waals surface area contributed by atoms with Gasteiger partial charge in [0.2, 0.25) is 0 Å². The van der Waals surface area contributed by atoms with Crippen LogP contribution in [0.5, 0.6) is 11.5 Å². The second-order valence-corrected chi connectivity index (χ2v) is 9.11. The molecule has 0 radical (unpaired) electrons. The fourth-order valence-electron chi connectivity index (χ4n) is 5.08. The molecule has 156 valence electrons. The Morgan fingerprint density at radius 2 is 2.00 bits per heavy atom. The van der Waals surface area contributed by atoms with E-state index in [-0.39, 0.29) is 27.9 Å². The van der Waals surface area contributed by atoms with Gasteiger partial charge in [-0.15, -0.1) is 24.5 Å². The Labute approximate surface area is 169 Å². The summed E-state index contributed by atoms with van der Waals surface area (Å²) in [4.78, 5) is 15.9. The Kier molecular flexibility index (Phi) is 4.26. The first-order valence-electron chi connectivity index (χ1n) is 9.73. The lowest BCUT2D eigenvalue weighted by Crippen LogP contribution is -2.65. The molecule has 1 aromatic heterocycles. The number of hydrogen-bond donors (Lipinski definition) is 1. The van der Waals surface area contributed by atoms with Crippen LogP contribution in [0, 0.1) is 5.92 Å². The van der Waals surface area contributed by atoms with Gasteiger partial charge in [0, 0.05) is 5.54 Å². The summed E-state index contributed by atoms with van der Waals surface area (Å²) in [6.45, 7) is 2.19. The number of rotatable bonds is 4. The van der Waals surface area contributed by atoms with E-state index in [1.54, 1.807) is 12.1 Å². The number of fused-ring (bicyclic) bond motifs is 3. The molecule has 3 saturated heterocycles. The van der Waals surface area contributed by atoms with Crippen LogP contribution < -0.4 is 14.8 Å². The molecule has 3 aliphatic heterocycles. The molecule has 29 heavy (non-hydrogen) atoms. The minimum absolute atomic E-state index is 0.0158. The second-order valence-electron chi connectivity index (χ2n) is 8.05. The molecule has 9 heteroatoms. The van der Waals surface area contributed by atoms with E-state index < -0.39 is 12.1 Å². The van der Waals surface area contributed by atoms with Gasteiger partial charge in [-0.1, -0.05) is 0 Å². The van der Waals surface area contributed by atoms with E-state index in [9.17, 15) is 18.0 Å². The molecule has 4 heterocycles. The summed E-state index contributed by atoms with van der Waals surface area (Å²) in [5.74, 6) is -0.167. The molecule has 1 N–H and O–H groups in total. The zero-order valence-corrected chi connectivity index (χ0v) is 16.7. The normalized spacial score (nSPS) is 27.2. The van der Waals surface area contributed by atoms with Crippen molar-refractivity contribution in [2.24, 2.45) is 5.92 Å². The molecule has 1 spiro atoms. The maximum Gasteiger partial charge on any atom is 0.573 e. The lowest BCUT2D eigenvalue weighted by atomic mass is 9.77. The molecular weight excluding hydrogens is 405 g/mol. The van der Waals surface area contributed by atoms with Crippen molar-refractivity contribution < 1.29 is 27.4 Å². The smallest absolute Gasteiger partial charge is 0.493 e. The third kappa shape index (κ3) is 3.15. The van der Waals surface area contributed by atoms with Crippen molar-refractivity contribution in [2.45, 2.75) is 43.6 Å². The van der Waals surface area contributed by atoms with Gasteiger partial charge in [-0.2, -0.15) is 0 Å². The SMILES string of the molecule is COc1ccc2cc(C(=O)N[C@@H]3C4CCN(CC4)C34CC4)sc2c1OC(F)(F)F. The predicted octanol–water partition coefficient (Wildman–Crippen LogP) is 4.17. The molecule has 4 aliphatic rings. The summed E-state index contributed by atoms with van der Waals surface area (Å²) in [6, 6.07) is 4.80. The largest absolute Gasteiger partial charge is 0.573 e. The zero-order valence-electron chi connectivity index (χ0n) is 15.8. The third-order valence-corrected chi connectivity index (χ3v) is 7.68. The van der Waals surface area contributed by atoms with Crippen molar-refractivity contribution in [2.75, 3.05) is 20.2 Å². The van der Waals surface area contributed by atoms with Crippen LogP contribution in [0.1, 0.15) is 35.4 Å². The molecule has 1 aliphatic carbocycles. The number of carbonyl (C=O) groups excluding carboxylic acids is 1. The number of nitrogens with zero attached hydrogens (tertiary/aromatic N) is 1. The first kappa shape index (κ1) is 19.0. The fourth-order valence-corrected chi connectivity index (χ4v) is 6.12. The third-order valence-electron chi connectivity index (χ3n) is 6.54. The molecule has 1 saturated carbocycles. The highest BCUT2D eigenvalue weighted by molar-refractivity contribution is 7.21. The van der Waals surface area contributed by atoms with Crippen LogP contribution in [0.15, 0.2) is 18.2 Å². The van der Waals surface area contributed by atoms with Gasteiger partial charge in [0.05, 0.1) is 22.7 Å². The lowest BCUT2D eigenvalue weighted by molar-refractivity contribution is -0.274. The lowest BCUT2D eigenvalue weighted by Gasteiger charge is -2.52. The van der Waals surface area contributed by atoms with E-state index in [4.69, 9.17) is 4.74 Å². The number of halogens is 3. The van der Waals surface area contributed by atoms with Crippen molar-refractivity contribution in [3.8, 4) is 11.5 Å². The van der Waals surface area contributed by atoms with E-state index >= 15 is 0 Å². The summed E-state index contributed by atoms with van der Waals surface area (Å²) in [5.41, 5.74) is 0.0985. The average molecular weight is 426 g/mol. The summed E-state index contributed by atoms with van der Waals surface area (Å²) < 4.78 is 48.1. The van der Waals surface area contributed by atoms with Gasteiger partial charge in [-0.25, -0.2) is 0 Å². The molecule has 4 fully saturated rings. The first-order valence-corrected chi connectivity index (χ1v) is 10.5. The van der Waals surface area contributed by atoms with E-state index in [1.807, 2.05) is 0 Å². The van der Waals surface area contributed by atoms with E-state index in [0.29, 0.717) is 16.2 Å². The minimum Gasteiger partial charge on any atom is -0.493 e. The van der Waals surface area contributed by atoms with Crippen LogP contribution in [0.3, 0.4) is 0 Å². The Morgan fingerprint density at radius 3 is 2.62 bits per heavy atom. The number of amides is 1. The van der Waals surface area contributed by atoms with Gasteiger partial charge < -0.3 is 14.8 Å². The number of alkyl halides is 3. The highest BCUT2D eigenvalue weighted by Gasteiger charge is 2.60. The van der Waals surface area contributed by atoms with Gasteiger partial charge >= 0.3 is 6.36 Å². The van der Waals surface area contributed by atoms with Crippen molar-refractivity contribution in [3.05, 3.63) is 23.1 Å². The molecule has 2 aromatic rings. The topological polar surface area (TPSA) is 50.8 Å². The Morgan fingerprint density at radius 1 is 1.28 bits per heavy atom. The quantitative estimate of drug-likeness (QED) is 0.798. The number of hydrogen-bond acceptors (Lipinski definition) is 5. The molecule has 0 unspecified atom stereocenters. The van der Waals surface area contributed by atoms with Crippen molar-refractivity contribution in [1.29, 1.82) is 0 Å². The number of benzene rings is 1. The standard InChI is InChI=1S/C20H21F3N2O3S/c1-27-13-3-2-12-10-14(29-16(12)15(13)28-20(21,22)23)18(26)24-17-11-4-8-25(9-5-11)19(17)6-7-19/h2-3,10-11,17H,4-9H2,1H3,(H,24,26)/t17-/m1/s1. The monoisotopic (exact) mass is 426 g/mol. The minimum atomic E-state index is -4.85. The van der Waals surface area contributed by atoms with Crippen molar-refractivity contribution in [1.82, 2.24) is 10.2 Å². The Hall–Kier alpha value is -2.00. The van der Waals surface area contributed by atoms with Gasteiger partial charge in [0.1, 0.15) is 0 Å². The first-order chi connectivity index (χ1) is 13.8. The van der Waals surface area contributed by atoms with Gasteiger partial charge in [0.25, 0.3) is 5.91 Å². The van der Waals surface area contributed by atoms with Crippen LogP contribution in [-0.4, -0.2) is 48.9 Å². The number of nitrogens with one attached hydrogen (secondary N) is 1. The number of ether oxygens (including phenoxy) is 2. The number of thiophene rings is 1. The maximum atomic E-state index is 13.0. The van der Waals surface area contributed by atoms with Crippen LogP contribution in [0.25, 0.3) is 10.1 Å². The zero-order chi connectivity index (χ0) is 20.4. The average Bonchev–Trinajstić information content (AvgIpc) is 3.33. The van der Waals surface area contributed by atoms with E-state index in [2.05, 4.69) is 15.0 Å². The summed E-state index contributed by atoms with van der Waals surface area (Å²) >= 11 is 1.00. The maximum absolute atomic E-state index is 13.0. The molecule has 2 bridgehead atoms. The highest BCUT2D eigenvalue weighted by atomic mass is 32.1. The van der Waals surface area contributed by atoms with Gasteiger partial charge in [-0.05, 0) is 68.3 Å². The molecular formula is C20H21F3N2O3S. The van der Waals surface area contributed by atoms with Crippen LogP contribution in [-0.2, 0) is 0 Å². The van der Waals surface area contributed by atoms with Crippen molar-refractivity contribution >= 4 is 27.3 Å².